The highest BCUT2D eigenvalue weighted by atomic mass is 16.5. The number of aromatic nitrogens is 3. The maximum atomic E-state index is 9.27. The van der Waals surface area contributed by atoms with E-state index in [1.165, 1.54) is 0 Å². The third-order valence-electron chi connectivity index (χ3n) is 4.05. The van der Waals surface area contributed by atoms with Crippen LogP contribution in [0.25, 0.3) is 0 Å². The summed E-state index contributed by atoms with van der Waals surface area (Å²) in [5.41, 5.74) is 3.47. The van der Waals surface area contributed by atoms with Crippen LogP contribution in [0.1, 0.15) is 11.4 Å². The summed E-state index contributed by atoms with van der Waals surface area (Å²) >= 11 is 0. The van der Waals surface area contributed by atoms with Gasteiger partial charge in [0.25, 0.3) is 0 Å². The van der Waals surface area contributed by atoms with Crippen molar-refractivity contribution in [3.8, 4) is 0 Å². The van der Waals surface area contributed by atoms with Gasteiger partial charge in [-0.15, -0.1) is 5.10 Å². The molecule has 0 aliphatic carbocycles. The Labute approximate surface area is 141 Å². The molecule has 1 aliphatic heterocycles. The Kier molecular flexibility index (Phi) is 5.29. The minimum Gasteiger partial charge on any atom is -0.390 e. The quantitative estimate of drug-likeness (QED) is 0.620. The molecule has 0 saturated carbocycles. The van der Waals surface area contributed by atoms with Crippen LogP contribution in [-0.2, 0) is 18.4 Å². The van der Waals surface area contributed by atoms with Crippen LogP contribution >= 0.6 is 0 Å². The van der Waals surface area contributed by atoms with E-state index in [2.05, 4.69) is 26.1 Å². The number of nitrogens with one attached hydrogen (secondary N) is 3. The maximum Gasteiger partial charge on any atom is 0.155 e. The van der Waals surface area contributed by atoms with E-state index in [0.717, 1.165) is 49.0 Å². The highest BCUT2D eigenvalue weighted by molar-refractivity contribution is 5.61. The Bertz CT molecular complexity index is 681. The van der Waals surface area contributed by atoms with Crippen LogP contribution in [0.4, 0.5) is 17.2 Å². The summed E-state index contributed by atoms with van der Waals surface area (Å²) in [6.07, 6.45) is 2.06. The summed E-state index contributed by atoms with van der Waals surface area (Å²) in [7, 11) is 1.89. The molecule has 1 atom stereocenters. The molecule has 4 N–H and O–H groups in total. The standard InChI is InChI=1S/C16H24N6O2/c1-11-15(18-8-14-7-17-3-4-24-14)6-16(21-20-11)19-12-5-13(10-23)22(2)9-12/h5-6,9,14,17,23H,3-4,7-8,10H2,1-2H3,(H2,18,19,21)/t14-/m1/s1. The van der Waals surface area contributed by atoms with Crippen molar-refractivity contribution < 1.29 is 9.84 Å². The van der Waals surface area contributed by atoms with Crippen LogP contribution in [0.3, 0.4) is 0 Å². The molecule has 0 spiro atoms. The Morgan fingerprint density at radius 2 is 2.29 bits per heavy atom. The summed E-state index contributed by atoms with van der Waals surface area (Å²) in [5.74, 6) is 0.654. The van der Waals surface area contributed by atoms with Gasteiger partial charge in [0.1, 0.15) is 0 Å². The molecule has 2 aromatic heterocycles. The van der Waals surface area contributed by atoms with E-state index >= 15 is 0 Å². The zero-order valence-electron chi connectivity index (χ0n) is 14.0. The second kappa shape index (κ2) is 7.61. The van der Waals surface area contributed by atoms with Crippen LogP contribution in [0, 0.1) is 6.92 Å². The zero-order valence-corrected chi connectivity index (χ0v) is 14.0. The molecule has 0 unspecified atom stereocenters. The number of nitrogens with zero attached hydrogens (tertiary/aromatic N) is 3. The lowest BCUT2D eigenvalue weighted by atomic mass is 10.2. The number of ether oxygens (including phenoxy) is 1. The van der Waals surface area contributed by atoms with Gasteiger partial charge in [-0.1, -0.05) is 0 Å². The molecule has 0 bridgehead atoms. The number of hydrogen-bond acceptors (Lipinski definition) is 7. The van der Waals surface area contributed by atoms with Gasteiger partial charge in [-0.25, -0.2) is 0 Å². The van der Waals surface area contributed by atoms with E-state index in [0.29, 0.717) is 5.82 Å². The number of anilines is 3. The minimum atomic E-state index is -0.0000140. The average molecular weight is 332 g/mol. The Morgan fingerprint density at radius 1 is 1.42 bits per heavy atom. The molecule has 24 heavy (non-hydrogen) atoms. The highest BCUT2D eigenvalue weighted by Gasteiger charge is 2.14. The van der Waals surface area contributed by atoms with Crippen molar-refractivity contribution in [1.29, 1.82) is 0 Å². The van der Waals surface area contributed by atoms with Crippen molar-refractivity contribution in [2.75, 3.05) is 36.9 Å². The van der Waals surface area contributed by atoms with Gasteiger partial charge >= 0.3 is 0 Å². The maximum absolute atomic E-state index is 9.27. The van der Waals surface area contributed by atoms with E-state index in [9.17, 15) is 5.11 Å². The third-order valence-corrected chi connectivity index (χ3v) is 4.05. The van der Waals surface area contributed by atoms with Gasteiger partial charge in [-0.05, 0) is 13.0 Å². The lowest BCUT2D eigenvalue weighted by molar-refractivity contribution is 0.0372. The summed E-state index contributed by atoms with van der Waals surface area (Å²) in [5, 5.41) is 27.6. The van der Waals surface area contributed by atoms with Gasteiger partial charge in [-0.2, -0.15) is 5.10 Å². The molecule has 3 rings (SSSR count). The molecule has 8 nitrogen and oxygen atoms in total. The first-order chi connectivity index (χ1) is 11.7. The van der Waals surface area contributed by atoms with E-state index in [4.69, 9.17) is 4.74 Å². The van der Waals surface area contributed by atoms with Gasteiger partial charge in [0.05, 0.1) is 36.4 Å². The molecule has 1 fully saturated rings. The third kappa shape index (κ3) is 4.02. The molecule has 1 saturated heterocycles. The van der Waals surface area contributed by atoms with Gasteiger partial charge in [0, 0.05) is 44.6 Å². The second-order valence-corrected chi connectivity index (χ2v) is 5.92. The molecule has 2 aromatic rings. The molecule has 1 aliphatic rings. The van der Waals surface area contributed by atoms with Crippen molar-refractivity contribution in [3.63, 3.8) is 0 Å². The Balaban J connectivity index is 1.66. The molecule has 130 valence electrons. The summed E-state index contributed by atoms with van der Waals surface area (Å²) in [4.78, 5) is 0. The first-order valence-electron chi connectivity index (χ1n) is 8.09. The summed E-state index contributed by atoms with van der Waals surface area (Å²) in [6, 6.07) is 3.82. The van der Waals surface area contributed by atoms with Crippen molar-refractivity contribution in [2.45, 2.75) is 19.6 Å². The van der Waals surface area contributed by atoms with Crippen LogP contribution in [0.2, 0.25) is 0 Å². The topological polar surface area (TPSA) is 96.3 Å². The number of hydrogen-bond donors (Lipinski definition) is 4. The van der Waals surface area contributed by atoms with Gasteiger partial charge in [-0.3, -0.25) is 0 Å². The minimum absolute atomic E-state index is 0.0000140. The first kappa shape index (κ1) is 16.7. The van der Waals surface area contributed by atoms with E-state index in [1.54, 1.807) is 0 Å². The van der Waals surface area contributed by atoms with E-state index in [-0.39, 0.29) is 12.7 Å². The second-order valence-electron chi connectivity index (χ2n) is 5.92. The molecule has 3 heterocycles. The monoisotopic (exact) mass is 332 g/mol. The Morgan fingerprint density at radius 3 is 3.00 bits per heavy atom. The fraction of sp³-hybridized carbons (Fsp3) is 0.500. The molecular formula is C16H24N6O2. The largest absolute Gasteiger partial charge is 0.390 e. The van der Waals surface area contributed by atoms with Crippen LogP contribution < -0.4 is 16.0 Å². The molecular weight excluding hydrogens is 308 g/mol. The summed E-state index contributed by atoms with van der Waals surface area (Å²) in [6.45, 7) is 5.15. The molecule has 0 aromatic carbocycles. The fourth-order valence-corrected chi connectivity index (χ4v) is 2.65. The van der Waals surface area contributed by atoms with Gasteiger partial charge in [0.15, 0.2) is 5.82 Å². The normalized spacial score (nSPS) is 17.7. The van der Waals surface area contributed by atoms with Crippen molar-refractivity contribution in [1.82, 2.24) is 20.1 Å². The first-order valence-corrected chi connectivity index (χ1v) is 8.09. The smallest absolute Gasteiger partial charge is 0.155 e. The average Bonchev–Trinajstić information content (AvgIpc) is 2.95. The van der Waals surface area contributed by atoms with Crippen molar-refractivity contribution >= 4 is 17.2 Å². The highest BCUT2D eigenvalue weighted by Crippen LogP contribution is 2.21. The number of aliphatic hydroxyl groups excluding tert-OH is 1. The number of aliphatic hydroxyl groups is 1. The number of morpholine rings is 1. The Hall–Kier alpha value is -2.16. The van der Waals surface area contributed by atoms with E-state index in [1.807, 2.05) is 36.9 Å². The fourth-order valence-electron chi connectivity index (χ4n) is 2.65. The van der Waals surface area contributed by atoms with E-state index < -0.39 is 0 Å². The van der Waals surface area contributed by atoms with Gasteiger partial charge in [0.2, 0.25) is 0 Å². The van der Waals surface area contributed by atoms with Gasteiger partial charge < -0.3 is 30.4 Å². The lowest BCUT2D eigenvalue weighted by Crippen LogP contribution is -2.42. The summed E-state index contributed by atoms with van der Waals surface area (Å²) < 4.78 is 7.56. The zero-order chi connectivity index (χ0) is 16.9. The molecule has 0 radical (unpaired) electrons. The van der Waals surface area contributed by atoms with Crippen LogP contribution in [0.5, 0.6) is 0 Å². The SMILES string of the molecule is Cc1nnc(Nc2cc(CO)n(C)c2)cc1NC[C@H]1CNCCO1. The van der Waals surface area contributed by atoms with Crippen molar-refractivity contribution in [3.05, 3.63) is 29.7 Å². The molecule has 0 amide bonds. The van der Waals surface area contributed by atoms with Crippen LogP contribution in [-0.4, -0.2) is 52.2 Å². The predicted octanol–water partition coefficient (Wildman–Crippen LogP) is 0.760. The predicted molar refractivity (Wildman–Crippen MR) is 92.5 cm³/mol. The lowest BCUT2D eigenvalue weighted by Gasteiger charge is -2.24. The van der Waals surface area contributed by atoms with Crippen molar-refractivity contribution in [2.24, 2.45) is 7.05 Å². The van der Waals surface area contributed by atoms with Crippen LogP contribution in [0.15, 0.2) is 18.3 Å². The number of aryl methyl sites for hydroxylation is 2. The molecule has 8 heteroatoms. The number of rotatable bonds is 6.